The van der Waals surface area contributed by atoms with E-state index in [2.05, 4.69) is 39.2 Å². The number of hydrogen-bond donors (Lipinski definition) is 1. The standard InChI is InChI=1S/C21H26N6OS/c1-4-26(5-2)18-14-16(12-13-22-18)20-24-25-21(27(20)6-3)29-15-19(28)23-17-10-8-7-9-11-17/h7-14H,4-6,15H2,1-3H3,(H,23,28). The SMILES string of the molecule is CCN(CC)c1cc(-c2nnc(SCC(=O)Nc3ccccc3)n2CC)ccn1. The summed E-state index contributed by atoms with van der Waals surface area (Å²) < 4.78 is 2.03. The normalized spacial score (nSPS) is 10.7. The third-order valence-corrected chi connectivity index (χ3v) is 5.48. The number of pyridine rings is 1. The fourth-order valence-corrected chi connectivity index (χ4v) is 3.82. The Kier molecular flexibility index (Phi) is 7.24. The molecule has 1 N–H and O–H groups in total. The molecule has 2 heterocycles. The van der Waals surface area contributed by atoms with Crippen molar-refractivity contribution in [3.8, 4) is 11.4 Å². The molecule has 3 rings (SSSR count). The third-order valence-electron chi connectivity index (χ3n) is 4.51. The van der Waals surface area contributed by atoms with Crippen LogP contribution in [0.1, 0.15) is 20.8 Å². The van der Waals surface area contributed by atoms with Crippen molar-refractivity contribution in [2.24, 2.45) is 0 Å². The molecule has 3 aromatic rings. The highest BCUT2D eigenvalue weighted by Crippen LogP contribution is 2.26. The second kappa shape index (κ2) is 10.1. The van der Waals surface area contributed by atoms with Gasteiger partial charge in [0.25, 0.3) is 0 Å². The smallest absolute Gasteiger partial charge is 0.234 e. The number of para-hydroxylation sites is 1. The van der Waals surface area contributed by atoms with Crippen LogP contribution in [0.15, 0.2) is 53.8 Å². The summed E-state index contributed by atoms with van der Waals surface area (Å²) in [5.41, 5.74) is 1.76. The highest BCUT2D eigenvalue weighted by Gasteiger charge is 2.16. The van der Waals surface area contributed by atoms with E-state index in [9.17, 15) is 4.79 Å². The molecule has 1 amide bonds. The molecule has 1 aromatic carbocycles. The van der Waals surface area contributed by atoms with E-state index < -0.39 is 0 Å². The van der Waals surface area contributed by atoms with Crippen LogP contribution in [0, 0.1) is 0 Å². The molecule has 0 saturated heterocycles. The van der Waals surface area contributed by atoms with E-state index in [-0.39, 0.29) is 11.7 Å². The van der Waals surface area contributed by atoms with Crippen molar-refractivity contribution >= 4 is 29.2 Å². The van der Waals surface area contributed by atoms with Crippen LogP contribution < -0.4 is 10.2 Å². The van der Waals surface area contributed by atoms with Gasteiger partial charge in [-0.1, -0.05) is 30.0 Å². The number of thioether (sulfide) groups is 1. The maximum Gasteiger partial charge on any atom is 0.234 e. The van der Waals surface area contributed by atoms with E-state index in [0.717, 1.165) is 41.1 Å². The lowest BCUT2D eigenvalue weighted by molar-refractivity contribution is -0.113. The summed E-state index contributed by atoms with van der Waals surface area (Å²) in [7, 11) is 0. The average Bonchev–Trinajstić information content (AvgIpc) is 3.17. The van der Waals surface area contributed by atoms with Crippen LogP contribution in [0.2, 0.25) is 0 Å². The lowest BCUT2D eigenvalue weighted by Gasteiger charge is -2.20. The Balaban J connectivity index is 1.73. The summed E-state index contributed by atoms with van der Waals surface area (Å²) in [5, 5.41) is 12.3. The predicted molar refractivity (Wildman–Crippen MR) is 118 cm³/mol. The number of rotatable bonds is 9. The van der Waals surface area contributed by atoms with Crippen LogP contribution in [-0.2, 0) is 11.3 Å². The zero-order valence-electron chi connectivity index (χ0n) is 17.0. The Morgan fingerprint density at radius 3 is 2.55 bits per heavy atom. The Labute approximate surface area is 175 Å². The van der Waals surface area contributed by atoms with E-state index >= 15 is 0 Å². The van der Waals surface area contributed by atoms with Gasteiger partial charge in [-0.15, -0.1) is 10.2 Å². The summed E-state index contributed by atoms with van der Waals surface area (Å²) in [5.74, 6) is 1.92. The van der Waals surface area contributed by atoms with E-state index in [0.29, 0.717) is 6.54 Å². The highest BCUT2D eigenvalue weighted by molar-refractivity contribution is 7.99. The number of nitrogens with zero attached hydrogens (tertiary/aromatic N) is 5. The lowest BCUT2D eigenvalue weighted by Crippen LogP contribution is -2.22. The predicted octanol–water partition coefficient (Wildman–Crippen LogP) is 3.94. The van der Waals surface area contributed by atoms with Gasteiger partial charge < -0.3 is 14.8 Å². The molecule has 0 aliphatic carbocycles. The topological polar surface area (TPSA) is 75.9 Å². The van der Waals surface area contributed by atoms with Gasteiger partial charge >= 0.3 is 0 Å². The van der Waals surface area contributed by atoms with Gasteiger partial charge in [0, 0.05) is 37.1 Å². The monoisotopic (exact) mass is 410 g/mol. The molecule has 7 nitrogen and oxygen atoms in total. The zero-order valence-corrected chi connectivity index (χ0v) is 17.8. The first kappa shape index (κ1) is 20.9. The Hall–Kier alpha value is -2.87. The molecule has 152 valence electrons. The largest absolute Gasteiger partial charge is 0.357 e. The molecule has 0 unspecified atom stereocenters. The number of aromatic nitrogens is 4. The van der Waals surface area contributed by atoms with Crippen LogP contribution in [0.4, 0.5) is 11.5 Å². The van der Waals surface area contributed by atoms with Crippen molar-refractivity contribution in [2.45, 2.75) is 32.5 Å². The molecule has 0 bridgehead atoms. The van der Waals surface area contributed by atoms with E-state index in [1.807, 2.05) is 54.0 Å². The van der Waals surface area contributed by atoms with Crippen molar-refractivity contribution < 1.29 is 4.79 Å². The molecule has 2 aromatic heterocycles. The number of hydrogen-bond acceptors (Lipinski definition) is 6. The number of anilines is 2. The maximum absolute atomic E-state index is 12.2. The molecular formula is C21H26N6OS. The van der Waals surface area contributed by atoms with Crippen molar-refractivity contribution in [2.75, 3.05) is 29.1 Å². The van der Waals surface area contributed by atoms with Crippen molar-refractivity contribution in [1.82, 2.24) is 19.7 Å². The minimum Gasteiger partial charge on any atom is -0.357 e. The van der Waals surface area contributed by atoms with Gasteiger partial charge in [0.15, 0.2) is 11.0 Å². The molecule has 0 spiro atoms. The van der Waals surface area contributed by atoms with Crippen molar-refractivity contribution in [3.05, 3.63) is 48.7 Å². The molecule has 8 heteroatoms. The van der Waals surface area contributed by atoms with Gasteiger partial charge in [0.05, 0.1) is 5.75 Å². The van der Waals surface area contributed by atoms with Gasteiger partial charge in [0.2, 0.25) is 5.91 Å². The number of carbonyl (C=O) groups excluding carboxylic acids is 1. The highest BCUT2D eigenvalue weighted by atomic mass is 32.2. The summed E-state index contributed by atoms with van der Waals surface area (Å²) >= 11 is 1.39. The summed E-state index contributed by atoms with van der Waals surface area (Å²) in [4.78, 5) is 18.9. The Morgan fingerprint density at radius 1 is 1.10 bits per heavy atom. The van der Waals surface area contributed by atoms with E-state index in [1.165, 1.54) is 11.8 Å². The first-order chi connectivity index (χ1) is 14.2. The molecule has 0 atom stereocenters. The zero-order chi connectivity index (χ0) is 20.6. The van der Waals surface area contributed by atoms with Crippen LogP contribution in [0.5, 0.6) is 0 Å². The maximum atomic E-state index is 12.2. The van der Waals surface area contributed by atoms with Gasteiger partial charge in [-0.25, -0.2) is 4.98 Å². The number of carbonyl (C=O) groups is 1. The quantitative estimate of drug-likeness (QED) is 0.539. The lowest BCUT2D eigenvalue weighted by atomic mass is 10.2. The van der Waals surface area contributed by atoms with Gasteiger partial charge in [-0.2, -0.15) is 0 Å². The summed E-state index contributed by atoms with van der Waals surface area (Å²) in [6.45, 7) is 8.78. The van der Waals surface area contributed by atoms with Crippen LogP contribution in [0.25, 0.3) is 11.4 Å². The van der Waals surface area contributed by atoms with Crippen LogP contribution >= 0.6 is 11.8 Å². The first-order valence-electron chi connectivity index (χ1n) is 9.78. The second-order valence-electron chi connectivity index (χ2n) is 6.33. The van der Waals surface area contributed by atoms with Crippen molar-refractivity contribution in [1.29, 1.82) is 0 Å². The molecule has 0 fully saturated rings. The fourth-order valence-electron chi connectivity index (χ4n) is 3.02. The molecule has 0 radical (unpaired) electrons. The van der Waals surface area contributed by atoms with E-state index in [4.69, 9.17) is 0 Å². The first-order valence-corrected chi connectivity index (χ1v) is 10.8. The van der Waals surface area contributed by atoms with Gasteiger partial charge in [0.1, 0.15) is 5.82 Å². The minimum atomic E-state index is -0.0684. The molecular weight excluding hydrogens is 384 g/mol. The Bertz CT molecular complexity index is 939. The second-order valence-corrected chi connectivity index (χ2v) is 7.27. The van der Waals surface area contributed by atoms with Crippen LogP contribution in [0.3, 0.4) is 0 Å². The third kappa shape index (κ3) is 5.14. The average molecular weight is 411 g/mol. The van der Waals surface area contributed by atoms with Gasteiger partial charge in [-0.05, 0) is 45.0 Å². The number of benzene rings is 1. The molecule has 0 saturated carbocycles. The van der Waals surface area contributed by atoms with Gasteiger partial charge in [-0.3, -0.25) is 4.79 Å². The molecule has 0 aliphatic rings. The number of amides is 1. The van der Waals surface area contributed by atoms with Crippen LogP contribution in [-0.4, -0.2) is 44.5 Å². The number of nitrogens with one attached hydrogen (secondary N) is 1. The van der Waals surface area contributed by atoms with E-state index in [1.54, 1.807) is 6.20 Å². The minimum absolute atomic E-state index is 0.0684. The Morgan fingerprint density at radius 2 is 1.86 bits per heavy atom. The summed E-state index contributed by atoms with van der Waals surface area (Å²) in [6, 6.07) is 13.4. The van der Waals surface area contributed by atoms with Crippen molar-refractivity contribution in [3.63, 3.8) is 0 Å². The summed E-state index contributed by atoms with van der Waals surface area (Å²) in [6.07, 6.45) is 1.80. The fraction of sp³-hybridized carbons (Fsp3) is 0.333. The molecule has 29 heavy (non-hydrogen) atoms. The molecule has 0 aliphatic heterocycles.